The summed E-state index contributed by atoms with van der Waals surface area (Å²) in [4.78, 5) is 25.1. The maximum absolute atomic E-state index is 13.4. The Morgan fingerprint density at radius 1 is 1.15 bits per heavy atom. The van der Waals surface area contributed by atoms with Gasteiger partial charge in [0.15, 0.2) is 0 Å². The highest BCUT2D eigenvalue weighted by Gasteiger charge is 2.47. The molecule has 0 saturated heterocycles. The van der Waals surface area contributed by atoms with Crippen LogP contribution in [0.2, 0.25) is 0 Å². The minimum atomic E-state index is -3.38. The molecule has 4 aliphatic rings. The minimum Gasteiger partial charge on any atom is -0.493 e. The van der Waals surface area contributed by atoms with Crippen molar-refractivity contribution in [3.63, 3.8) is 0 Å². The van der Waals surface area contributed by atoms with Gasteiger partial charge in [-0.2, -0.15) is 0 Å². The zero-order valence-corrected chi connectivity index (χ0v) is 19.9. The largest absolute Gasteiger partial charge is 0.493 e. The fraction of sp³-hybridized carbons (Fsp3) is 0.667. The summed E-state index contributed by atoms with van der Waals surface area (Å²) in [7, 11) is -3.38. The summed E-state index contributed by atoms with van der Waals surface area (Å²) in [5, 5.41) is 2.87. The number of aldehydes is 1. The van der Waals surface area contributed by atoms with Gasteiger partial charge in [0.2, 0.25) is 15.9 Å². The van der Waals surface area contributed by atoms with Gasteiger partial charge < -0.3 is 19.6 Å². The summed E-state index contributed by atoms with van der Waals surface area (Å²) in [6.07, 6.45) is 7.56. The van der Waals surface area contributed by atoms with E-state index in [9.17, 15) is 18.0 Å². The Hall–Kier alpha value is -1.97. The molecule has 3 atom stereocenters. The normalized spacial score (nSPS) is 33.4. The monoisotopic (exact) mass is 478 g/mol. The fourth-order valence-electron chi connectivity index (χ4n) is 5.43. The van der Waals surface area contributed by atoms with Gasteiger partial charge in [-0.15, -0.1) is 0 Å². The van der Waals surface area contributed by atoms with Gasteiger partial charge in [-0.05, 0) is 68.6 Å². The van der Waals surface area contributed by atoms with Crippen molar-refractivity contribution in [3.8, 4) is 5.75 Å². The molecule has 8 nitrogen and oxygen atoms in total. The van der Waals surface area contributed by atoms with Gasteiger partial charge in [-0.1, -0.05) is 12.1 Å². The number of benzene rings is 1. The second-order valence-electron chi connectivity index (χ2n) is 9.82. The molecule has 1 unspecified atom stereocenters. The number of fused-ring (bicyclic) bond motifs is 8. The van der Waals surface area contributed by atoms with E-state index in [1.54, 1.807) is 0 Å². The smallest absolute Gasteiger partial charge is 0.229 e. The van der Waals surface area contributed by atoms with Crippen LogP contribution in [-0.4, -0.2) is 58.3 Å². The van der Waals surface area contributed by atoms with E-state index in [1.165, 1.54) is 5.56 Å². The van der Waals surface area contributed by atoms with Crippen LogP contribution in [0.25, 0.3) is 0 Å². The highest BCUT2D eigenvalue weighted by atomic mass is 32.2. The topological polar surface area (TPSA) is 111 Å². The van der Waals surface area contributed by atoms with Crippen LogP contribution >= 0.6 is 0 Å². The van der Waals surface area contributed by atoms with Crippen LogP contribution in [0.3, 0.4) is 0 Å². The van der Waals surface area contributed by atoms with Crippen molar-refractivity contribution in [2.75, 3.05) is 19.5 Å². The van der Waals surface area contributed by atoms with Crippen LogP contribution in [0.15, 0.2) is 24.3 Å². The lowest BCUT2D eigenvalue weighted by molar-refractivity contribution is -0.138. The van der Waals surface area contributed by atoms with E-state index in [2.05, 4.69) is 22.2 Å². The predicted molar refractivity (Wildman–Crippen MR) is 124 cm³/mol. The third-order valence-corrected chi connectivity index (χ3v) is 8.01. The molecular formula is C24H34N2O6S. The molecule has 2 fully saturated rings. The molecule has 2 aliphatic carbocycles. The first kappa shape index (κ1) is 24.2. The SMILES string of the molecule is CS(=O)(=O)NC1CC[C@@]2(COC3CCC(CC3)c3cccc(c3)OCC[C@@H](C=O)NC2=O)C1. The van der Waals surface area contributed by atoms with Gasteiger partial charge in [0, 0.05) is 12.5 Å². The average molecular weight is 479 g/mol. The van der Waals surface area contributed by atoms with E-state index < -0.39 is 21.5 Å². The Balaban J connectivity index is 1.54. The number of hydrogen-bond donors (Lipinski definition) is 2. The predicted octanol–water partition coefficient (Wildman–Crippen LogP) is 2.28. The summed E-state index contributed by atoms with van der Waals surface area (Å²) in [5.41, 5.74) is 0.406. The number of carbonyl (C=O) groups is 2. The van der Waals surface area contributed by atoms with Gasteiger partial charge in [-0.25, -0.2) is 13.1 Å². The molecule has 182 valence electrons. The van der Waals surface area contributed by atoms with Gasteiger partial charge in [-0.3, -0.25) is 4.79 Å². The van der Waals surface area contributed by atoms with Gasteiger partial charge >= 0.3 is 0 Å². The molecule has 1 aromatic carbocycles. The van der Waals surface area contributed by atoms with Crippen molar-refractivity contribution in [2.45, 2.75) is 75.5 Å². The number of hydrogen-bond acceptors (Lipinski definition) is 6. The van der Waals surface area contributed by atoms with Crippen LogP contribution in [0.5, 0.6) is 5.75 Å². The molecule has 1 aromatic rings. The molecule has 9 heteroatoms. The van der Waals surface area contributed by atoms with Crippen LogP contribution in [-0.2, 0) is 24.3 Å². The zero-order chi connectivity index (χ0) is 23.5. The van der Waals surface area contributed by atoms with Crippen molar-refractivity contribution in [3.05, 3.63) is 29.8 Å². The van der Waals surface area contributed by atoms with Crippen LogP contribution in [0.4, 0.5) is 0 Å². The molecule has 2 N–H and O–H groups in total. The van der Waals surface area contributed by atoms with Crippen molar-refractivity contribution >= 4 is 22.2 Å². The van der Waals surface area contributed by atoms with Crippen LogP contribution in [0.1, 0.15) is 62.8 Å². The Labute approximate surface area is 195 Å². The number of amides is 1. The number of carbonyl (C=O) groups excluding carboxylic acids is 2. The standard InChI is InChI=1S/C24H34N2O6S/c1-33(29,30)26-19-9-11-24(14-19)16-32-21-7-5-17(6-8-21)18-3-2-4-22(13-18)31-12-10-20(15-27)25-23(24)28/h2-4,13,15,17,19-21,26H,5-12,14,16H2,1H3,(H,25,28)/t17?,19?,20-,21?,24-/m0/s1. The number of ether oxygens (including phenoxy) is 2. The maximum Gasteiger partial charge on any atom is 0.229 e. The molecule has 2 heterocycles. The lowest BCUT2D eigenvalue weighted by atomic mass is 9.82. The summed E-state index contributed by atoms with van der Waals surface area (Å²) >= 11 is 0. The summed E-state index contributed by atoms with van der Waals surface area (Å²) in [6, 6.07) is 7.13. The van der Waals surface area contributed by atoms with Gasteiger partial charge in [0.1, 0.15) is 12.0 Å². The van der Waals surface area contributed by atoms with E-state index in [-0.39, 0.29) is 24.7 Å². The van der Waals surface area contributed by atoms with Crippen molar-refractivity contribution < 1.29 is 27.5 Å². The molecule has 0 radical (unpaired) electrons. The molecular weight excluding hydrogens is 444 g/mol. The molecule has 5 rings (SSSR count). The van der Waals surface area contributed by atoms with E-state index in [0.717, 1.165) is 44.0 Å². The highest BCUT2D eigenvalue weighted by molar-refractivity contribution is 7.88. The molecule has 4 bridgehead atoms. The van der Waals surface area contributed by atoms with Crippen molar-refractivity contribution in [1.82, 2.24) is 10.0 Å². The molecule has 2 saturated carbocycles. The quantitative estimate of drug-likeness (QED) is 0.645. The number of nitrogens with one attached hydrogen (secondary N) is 2. The second-order valence-corrected chi connectivity index (χ2v) is 11.6. The van der Waals surface area contributed by atoms with E-state index in [0.29, 0.717) is 38.2 Å². The molecule has 1 amide bonds. The zero-order valence-electron chi connectivity index (χ0n) is 19.1. The van der Waals surface area contributed by atoms with Crippen LogP contribution in [0, 0.1) is 5.41 Å². The van der Waals surface area contributed by atoms with E-state index in [4.69, 9.17) is 9.47 Å². The number of rotatable bonds is 3. The lowest BCUT2D eigenvalue weighted by Gasteiger charge is -2.34. The first-order valence-corrected chi connectivity index (χ1v) is 13.7. The van der Waals surface area contributed by atoms with Crippen molar-refractivity contribution in [1.29, 1.82) is 0 Å². The Morgan fingerprint density at radius 2 is 1.94 bits per heavy atom. The number of sulfonamides is 1. The summed E-state index contributed by atoms with van der Waals surface area (Å²) in [5.74, 6) is 0.979. The maximum atomic E-state index is 13.4. The minimum absolute atomic E-state index is 0.0713. The van der Waals surface area contributed by atoms with E-state index in [1.807, 2.05) is 12.1 Å². The molecule has 33 heavy (non-hydrogen) atoms. The first-order chi connectivity index (χ1) is 15.8. The highest BCUT2D eigenvalue weighted by Crippen LogP contribution is 2.41. The van der Waals surface area contributed by atoms with Gasteiger partial charge in [0.05, 0.1) is 37.0 Å². The van der Waals surface area contributed by atoms with Gasteiger partial charge in [0.25, 0.3) is 0 Å². The Kier molecular flexibility index (Phi) is 7.40. The third-order valence-electron chi connectivity index (χ3n) is 7.25. The molecule has 1 spiro atoms. The second kappa shape index (κ2) is 10.1. The lowest BCUT2D eigenvalue weighted by Crippen LogP contribution is -2.49. The third kappa shape index (κ3) is 6.13. The van der Waals surface area contributed by atoms with E-state index >= 15 is 0 Å². The summed E-state index contributed by atoms with van der Waals surface area (Å²) < 4.78 is 38.3. The molecule has 0 aromatic heterocycles. The average Bonchev–Trinajstić information content (AvgIpc) is 3.19. The Bertz CT molecular complexity index is 959. The van der Waals surface area contributed by atoms with Crippen LogP contribution < -0.4 is 14.8 Å². The van der Waals surface area contributed by atoms with Crippen molar-refractivity contribution in [2.24, 2.45) is 5.41 Å². The summed E-state index contributed by atoms with van der Waals surface area (Å²) in [6.45, 7) is 0.537. The fourth-order valence-corrected chi connectivity index (χ4v) is 6.24. The first-order valence-electron chi connectivity index (χ1n) is 11.8. The Morgan fingerprint density at radius 3 is 2.67 bits per heavy atom. The molecule has 2 aliphatic heterocycles.